The molecular weight excluding hydrogens is 252 g/mol. The number of carbonyl (C=O) groups excluding carboxylic acids is 1. The maximum absolute atomic E-state index is 11.8. The van der Waals surface area contributed by atoms with E-state index in [9.17, 15) is 4.79 Å². The molecule has 3 unspecified atom stereocenters. The van der Waals surface area contributed by atoms with Gasteiger partial charge in [0.25, 0.3) is 0 Å². The smallest absolute Gasteiger partial charge is 0.220 e. The fourth-order valence-corrected chi connectivity index (χ4v) is 2.95. The van der Waals surface area contributed by atoms with Gasteiger partial charge in [-0.05, 0) is 44.6 Å². The van der Waals surface area contributed by atoms with E-state index in [4.69, 9.17) is 10.5 Å². The summed E-state index contributed by atoms with van der Waals surface area (Å²) in [7, 11) is 0. The topological polar surface area (TPSA) is 64.3 Å². The van der Waals surface area contributed by atoms with Gasteiger partial charge in [0.05, 0.1) is 6.10 Å². The normalized spacial score (nSPS) is 31.1. The number of amides is 1. The van der Waals surface area contributed by atoms with Crippen molar-refractivity contribution in [1.29, 1.82) is 0 Å². The Labute approximate surface area is 115 Å². The minimum atomic E-state index is 0. The van der Waals surface area contributed by atoms with Crippen LogP contribution in [0.25, 0.3) is 0 Å². The van der Waals surface area contributed by atoms with Gasteiger partial charge in [-0.25, -0.2) is 0 Å². The van der Waals surface area contributed by atoms with Crippen LogP contribution in [0.15, 0.2) is 0 Å². The van der Waals surface area contributed by atoms with E-state index >= 15 is 0 Å². The lowest BCUT2D eigenvalue weighted by Gasteiger charge is -2.19. The van der Waals surface area contributed by atoms with Crippen LogP contribution in [0.5, 0.6) is 0 Å². The second kappa shape index (κ2) is 7.97. The molecule has 2 rings (SSSR count). The summed E-state index contributed by atoms with van der Waals surface area (Å²) >= 11 is 0. The summed E-state index contributed by atoms with van der Waals surface area (Å²) in [4.78, 5) is 11.8. The van der Waals surface area contributed by atoms with E-state index in [2.05, 4.69) is 5.32 Å². The Hall–Kier alpha value is -0.320. The molecule has 106 valence electrons. The molecule has 1 amide bonds. The predicted octanol–water partition coefficient (Wildman–Crippen LogP) is 1.61. The Morgan fingerprint density at radius 2 is 2.11 bits per heavy atom. The third-order valence-corrected chi connectivity index (χ3v) is 4.03. The van der Waals surface area contributed by atoms with Gasteiger partial charge in [0, 0.05) is 19.1 Å². The number of carbonyl (C=O) groups is 1. The molecule has 1 saturated heterocycles. The maximum Gasteiger partial charge on any atom is 0.220 e. The first-order chi connectivity index (χ1) is 8.29. The van der Waals surface area contributed by atoms with Gasteiger partial charge >= 0.3 is 0 Å². The van der Waals surface area contributed by atoms with Crippen molar-refractivity contribution in [2.75, 3.05) is 13.2 Å². The number of hydrogen-bond donors (Lipinski definition) is 2. The average molecular weight is 277 g/mol. The Balaban J connectivity index is 0.00000162. The van der Waals surface area contributed by atoms with Crippen molar-refractivity contribution in [3.63, 3.8) is 0 Å². The van der Waals surface area contributed by atoms with Gasteiger partial charge in [-0.2, -0.15) is 0 Å². The molecule has 3 atom stereocenters. The van der Waals surface area contributed by atoms with Crippen LogP contribution in [0, 0.1) is 5.92 Å². The average Bonchev–Trinajstić information content (AvgIpc) is 2.97. The number of rotatable bonds is 5. The van der Waals surface area contributed by atoms with Crippen molar-refractivity contribution in [3.05, 3.63) is 0 Å². The number of nitrogens with one attached hydrogen (secondary N) is 1. The van der Waals surface area contributed by atoms with Gasteiger partial charge in [0.2, 0.25) is 5.91 Å². The number of ether oxygens (including phenoxy) is 1. The molecule has 0 spiro atoms. The van der Waals surface area contributed by atoms with Gasteiger partial charge in [0.15, 0.2) is 0 Å². The molecule has 0 aromatic heterocycles. The van der Waals surface area contributed by atoms with Crippen LogP contribution < -0.4 is 11.1 Å². The van der Waals surface area contributed by atoms with E-state index in [0.29, 0.717) is 31.0 Å². The van der Waals surface area contributed by atoms with E-state index in [1.165, 1.54) is 6.42 Å². The molecule has 4 nitrogen and oxygen atoms in total. The minimum Gasteiger partial charge on any atom is -0.378 e. The Bertz CT molecular complexity index is 257. The van der Waals surface area contributed by atoms with E-state index in [0.717, 1.165) is 38.7 Å². The van der Waals surface area contributed by atoms with E-state index in [-0.39, 0.29) is 18.3 Å². The highest BCUT2D eigenvalue weighted by Gasteiger charge is 2.27. The zero-order valence-electron chi connectivity index (χ0n) is 10.9. The summed E-state index contributed by atoms with van der Waals surface area (Å²) < 4.78 is 5.52. The molecule has 1 aliphatic heterocycles. The molecular formula is C13H25ClN2O2. The third-order valence-electron chi connectivity index (χ3n) is 4.03. The zero-order chi connectivity index (χ0) is 12.1. The van der Waals surface area contributed by atoms with Crippen molar-refractivity contribution in [2.45, 2.75) is 57.1 Å². The van der Waals surface area contributed by atoms with Crippen molar-refractivity contribution in [1.82, 2.24) is 5.32 Å². The fraction of sp³-hybridized carbons (Fsp3) is 0.923. The van der Waals surface area contributed by atoms with Crippen molar-refractivity contribution in [3.8, 4) is 0 Å². The molecule has 1 heterocycles. The van der Waals surface area contributed by atoms with E-state index in [1.807, 2.05) is 0 Å². The first-order valence-electron chi connectivity index (χ1n) is 6.90. The lowest BCUT2D eigenvalue weighted by Crippen LogP contribution is -2.40. The molecule has 5 heteroatoms. The van der Waals surface area contributed by atoms with Crippen LogP contribution in [-0.2, 0) is 9.53 Å². The minimum absolute atomic E-state index is 0. The van der Waals surface area contributed by atoms with Crippen LogP contribution >= 0.6 is 12.4 Å². The first kappa shape index (κ1) is 15.7. The SMILES string of the molecule is Cl.NCC1CCCC1NC(=O)CCC1CCCO1. The van der Waals surface area contributed by atoms with Crippen molar-refractivity contribution < 1.29 is 9.53 Å². The molecule has 18 heavy (non-hydrogen) atoms. The molecule has 0 aromatic carbocycles. The predicted molar refractivity (Wildman–Crippen MR) is 73.8 cm³/mol. The lowest BCUT2D eigenvalue weighted by molar-refractivity contribution is -0.122. The van der Waals surface area contributed by atoms with Crippen LogP contribution in [0.3, 0.4) is 0 Å². The Morgan fingerprint density at radius 3 is 2.78 bits per heavy atom. The van der Waals surface area contributed by atoms with Crippen LogP contribution in [0.4, 0.5) is 0 Å². The molecule has 2 fully saturated rings. The Morgan fingerprint density at radius 1 is 1.28 bits per heavy atom. The molecule has 1 aliphatic carbocycles. The molecule has 3 N–H and O–H groups in total. The summed E-state index contributed by atoms with van der Waals surface area (Å²) in [6.45, 7) is 1.56. The Kier molecular flexibility index (Phi) is 6.97. The van der Waals surface area contributed by atoms with E-state index < -0.39 is 0 Å². The molecule has 0 aromatic rings. The van der Waals surface area contributed by atoms with Crippen LogP contribution in [0.2, 0.25) is 0 Å². The second-order valence-electron chi connectivity index (χ2n) is 5.27. The van der Waals surface area contributed by atoms with E-state index in [1.54, 1.807) is 0 Å². The van der Waals surface area contributed by atoms with Crippen molar-refractivity contribution >= 4 is 18.3 Å². The summed E-state index contributed by atoms with van der Waals surface area (Å²) in [5.74, 6) is 0.660. The monoisotopic (exact) mass is 276 g/mol. The summed E-state index contributed by atoms with van der Waals surface area (Å²) in [5.41, 5.74) is 5.70. The quantitative estimate of drug-likeness (QED) is 0.802. The molecule has 0 bridgehead atoms. The van der Waals surface area contributed by atoms with Crippen molar-refractivity contribution in [2.24, 2.45) is 11.7 Å². The number of nitrogens with two attached hydrogens (primary N) is 1. The van der Waals surface area contributed by atoms with Crippen LogP contribution in [-0.4, -0.2) is 31.2 Å². The second-order valence-corrected chi connectivity index (χ2v) is 5.27. The zero-order valence-corrected chi connectivity index (χ0v) is 11.7. The largest absolute Gasteiger partial charge is 0.378 e. The summed E-state index contributed by atoms with van der Waals surface area (Å²) in [5, 5.41) is 3.13. The fourth-order valence-electron chi connectivity index (χ4n) is 2.95. The third kappa shape index (κ3) is 4.41. The standard InChI is InChI=1S/C13H24N2O2.ClH/c14-9-10-3-1-5-12(10)15-13(16)7-6-11-4-2-8-17-11;/h10-12H,1-9,14H2,(H,15,16);1H. The summed E-state index contributed by atoms with van der Waals surface area (Å²) in [6, 6.07) is 0.317. The van der Waals surface area contributed by atoms with Gasteiger partial charge in [-0.1, -0.05) is 6.42 Å². The maximum atomic E-state index is 11.8. The molecule has 2 aliphatic rings. The highest BCUT2D eigenvalue weighted by atomic mass is 35.5. The van der Waals surface area contributed by atoms with Gasteiger partial charge in [0.1, 0.15) is 0 Å². The first-order valence-corrected chi connectivity index (χ1v) is 6.90. The van der Waals surface area contributed by atoms with Crippen LogP contribution in [0.1, 0.15) is 44.9 Å². The highest BCUT2D eigenvalue weighted by molar-refractivity contribution is 5.85. The van der Waals surface area contributed by atoms with Gasteiger partial charge in [-0.15, -0.1) is 12.4 Å². The molecule has 0 radical (unpaired) electrons. The van der Waals surface area contributed by atoms with Gasteiger partial charge < -0.3 is 15.8 Å². The highest BCUT2D eigenvalue weighted by Crippen LogP contribution is 2.25. The summed E-state index contributed by atoms with van der Waals surface area (Å²) in [6.07, 6.45) is 7.48. The molecule has 1 saturated carbocycles. The number of halogens is 1. The van der Waals surface area contributed by atoms with Gasteiger partial charge in [-0.3, -0.25) is 4.79 Å². The number of hydrogen-bond acceptors (Lipinski definition) is 3. The lowest BCUT2D eigenvalue weighted by atomic mass is 10.0.